The van der Waals surface area contributed by atoms with Crippen molar-refractivity contribution in [1.82, 2.24) is 5.32 Å². The fourth-order valence-electron chi connectivity index (χ4n) is 1.72. The van der Waals surface area contributed by atoms with Crippen LogP contribution in [0.5, 0.6) is 0 Å². The van der Waals surface area contributed by atoms with E-state index in [9.17, 15) is 4.79 Å². The summed E-state index contributed by atoms with van der Waals surface area (Å²) in [7, 11) is 0. The zero-order valence-corrected chi connectivity index (χ0v) is 8.04. The predicted octanol–water partition coefficient (Wildman–Crippen LogP) is 1.53. The number of rotatable bonds is 0. The van der Waals surface area contributed by atoms with Gasteiger partial charge < -0.3 is 5.32 Å². The van der Waals surface area contributed by atoms with E-state index in [0.29, 0.717) is 11.7 Å². The molecule has 1 aliphatic heterocycles. The lowest BCUT2D eigenvalue weighted by molar-refractivity contribution is -0.116. The summed E-state index contributed by atoms with van der Waals surface area (Å²) in [6.45, 7) is 3.16. The standard InChI is InChI=1S/C9H13NOS/c1-6-2-3-7(11)8-9(6)12-5-4-10-8/h6,10H,2-5H2,1H3. The van der Waals surface area contributed by atoms with Gasteiger partial charge in [0.1, 0.15) is 0 Å². The summed E-state index contributed by atoms with van der Waals surface area (Å²) in [5.74, 6) is 2.02. The normalized spacial score (nSPS) is 29.8. The van der Waals surface area contributed by atoms with Crippen LogP contribution in [0.3, 0.4) is 0 Å². The van der Waals surface area contributed by atoms with Gasteiger partial charge in [0.2, 0.25) is 0 Å². The van der Waals surface area contributed by atoms with E-state index in [1.807, 2.05) is 11.8 Å². The van der Waals surface area contributed by atoms with E-state index in [1.54, 1.807) is 0 Å². The Kier molecular flexibility index (Phi) is 2.13. The highest BCUT2D eigenvalue weighted by Crippen LogP contribution is 2.36. The number of carbonyl (C=O) groups excluding carboxylic acids is 1. The Morgan fingerprint density at radius 1 is 1.58 bits per heavy atom. The molecule has 1 aliphatic carbocycles. The second-order valence-corrected chi connectivity index (χ2v) is 4.51. The Labute approximate surface area is 76.8 Å². The second-order valence-electron chi connectivity index (χ2n) is 3.38. The van der Waals surface area contributed by atoms with Crippen molar-refractivity contribution >= 4 is 17.5 Å². The molecule has 1 heterocycles. The number of Topliss-reactive ketones (excluding diaryl/α,β-unsaturated/α-hetero) is 1. The quantitative estimate of drug-likeness (QED) is 0.617. The van der Waals surface area contributed by atoms with Gasteiger partial charge in [-0.25, -0.2) is 0 Å². The first-order valence-corrected chi connectivity index (χ1v) is 5.41. The summed E-state index contributed by atoms with van der Waals surface area (Å²) in [5.41, 5.74) is 0.921. The molecule has 0 aromatic carbocycles. The van der Waals surface area contributed by atoms with Crippen LogP contribution in [-0.4, -0.2) is 18.1 Å². The molecular weight excluding hydrogens is 170 g/mol. The van der Waals surface area contributed by atoms with E-state index in [1.165, 1.54) is 4.91 Å². The van der Waals surface area contributed by atoms with Gasteiger partial charge in [-0.15, -0.1) is 11.8 Å². The topological polar surface area (TPSA) is 29.1 Å². The first-order chi connectivity index (χ1) is 5.79. The monoisotopic (exact) mass is 183 g/mol. The number of ketones is 1. The van der Waals surface area contributed by atoms with Crippen molar-refractivity contribution in [2.45, 2.75) is 19.8 Å². The van der Waals surface area contributed by atoms with E-state index in [-0.39, 0.29) is 0 Å². The smallest absolute Gasteiger partial charge is 0.179 e. The summed E-state index contributed by atoms with van der Waals surface area (Å²) in [4.78, 5) is 12.7. The van der Waals surface area contributed by atoms with Gasteiger partial charge in [0.15, 0.2) is 5.78 Å². The Morgan fingerprint density at radius 3 is 3.17 bits per heavy atom. The van der Waals surface area contributed by atoms with E-state index < -0.39 is 0 Å². The summed E-state index contributed by atoms with van der Waals surface area (Å²) in [6.07, 6.45) is 1.76. The van der Waals surface area contributed by atoms with Crippen LogP contribution in [0, 0.1) is 5.92 Å². The van der Waals surface area contributed by atoms with E-state index in [4.69, 9.17) is 0 Å². The van der Waals surface area contributed by atoms with Crippen LogP contribution >= 0.6 is 11.8 Å². The average molecular weight is 183 g/mol. The molecule has 2 rings (SSSR count). The zero-order chi connectivity index (χ0) is 8.55. The third-order valence-electron chi connectivity index (χ3n) is 2.44. The van der Waals surface area contributed by atoms with Crippen molar-refractivity contribution in [3.8, 4) is 0 Å². The molecule has 0 saturated carbocycles. The first kappa shape index (κ1) is 8.17. The van der Waals surface area contributed by atoms with Gasteiger partial charge in [0.05, 0.1) is 5.70 Å². The van der Waals surface area contributed by atoms with Crippen molar-refractivity contribution in [2.24, 2.45) is 5.92 Å². The van der Waals surface area contributed by atoms with Gasteiger partial charge in [-0.3, -0.25) is 4.79 Å². The van der Waals surface area contributed by atoms with Gasteiger partial charge in [0, 0.05) is 23.6 Å². The van der Waals surface area contributed by atoms with Gasteiger partial charge in [0.25, 0.3) is 0 Å². The van der Waals surface area contributed by atoms with Crippen LogP contribution in [0.1, 0.15) is 19.8 Å². The highest BCUT2D eigenvalue weighted by Gasteiger charge is 2.27. The predicted molar refractivity (Wildman–Crippen MR) is 50.9 cm³/mol. The lowest BCUT2D eigenvalue weighted by Gasteiger charge is -2.28. The first-order valence-electron chi connectivity index (χ1n) is 4.43. The fraction of sp³-hybridized carbons (Fsp3) is 0.667. The molecule has 1 unspecified atom stereocenters. The molecular formula is C9H13NOS. The van der Waals surface area contributed by atoms with E-state index in [0.717, 1.165) is 30.8 Å². The van der Waals surface area contributed by atoms with E-state index in [2.05, 4.69) is 12.2 Å². The largest absolute Gasteiger partial charge is 0.381 e. The van der Waals surface area contributed by atoms with E-state index >= 15 is 0 Å². The van der Waals surface area contributed by atoms with Crippen LogP contribution in [-0.2, 0) is 4.79 Å². The van der Waals surface area contributed by atoms with Crippen LogP contribution in [0.2, 0.25) is 0 Å². The summed E-state index contributed by atoms with van der Waals surface area (Å²) < 4.78 is 0. The molecule has 0 radical (unpaired) electrons. The highest BCUT2D eigenvalue weighted by molar-refractivity contribution is 8.03. The second kappa shape index (κ2) is 3.13. The Balaban J connectivity index is 2.33. The van der Waals surface area contributed by atoms with Crippen LogP contribution in [0.25, 0.3) is 0 Å². The number of hydrogen-bond acceptors (Lipinski definition) is 3. The molecule has 12 heavy (non-hydrogen) atoms. The minimum Gasteiger partial charge on any atom is -0.381 e. The molecule has 0 saturated heterocycles. The molecule has 0 spiro atoms. The molecule has 1 atom stereocenters. The third-order valence-corrected chi connectivity index (χ3v) is 3.76. The van der Waals surface area contributed by atoms with Crippen molar-refractivity contribution in [3.63, 3.8) is 0 Å². The number of nitrogens with one attached hydrogen (secondary N) is 1. The molecule has 2 nitrogen and oxygen atoms in total. The molecule has 3 heteroatoms. The fourth-order valence-corrected chi connectivity index (χ4v) is 2.88. The molecule has 0 amide bonds. The molecule has 0 aromatic heterocycles. The van der Waals surface area contributed by atoms with Crippen molar-refractivity contribution < 1.29 is 4.79 Å². The van der Waals surface area contributed by atoms with Crippen molar-refractivity contribution in [1.29, 1.82) is 0 Å². The maximum absolute atomic E-state index is 11.4. The molecule has 66 valence electrons. The van der Waals surface area contributed by atoms with Gasteiger partial charge in [-0.05, 0) is 12.3 Å². The van der Waals surface area contributed by atoms with Gasteiger partial charge in [-0.1, -0.05) is 6.92 Å². The number of hydrogen-bond donors (Lipinski definition) is 1. The number of carbonyl (C=O) groups is 1. The van der Waals surface area contributed by atoms with Crippen LogP contribution < -0.4 is 5.32 Å². The minimum absolute atomic E-state index is 0.315. The minimum atomic E-state index is 0.315. The third kappa shape index (κ3) is 1.26. The lowest BCUT2D eigenvalue weighted by Crippen LogP contribution is -2.32. The Morgan fingerprint density at radius 2 is 2.42 bits per heavy atom. The van der Waals surface area contributed by atoms with Gasteiger partial charge in [-0.2, -0.15) is 0 Å². The SMILES string of the molecule is CC1CCC(=O)C2=C1SCCN2. The molecule has 0 bridgehead atoms. The molecule has 2 aliphatic rings. The van der Waals surface area contributed by atoms with Crippen molar-refractivity contribution in [2.75, 3.05) is 12.3 Å². The highest BCUT2D eigenvalue weighted by atomic mass is 32.2. The van der Waals surface area contributed by atoms with Crippen LogP contribution in [0.4, 0.5) is 0 Å². The Hall–Kier alpha value is -0.440. The number of allylic oxidation sites excluding steroid dienone is 2. The zero-order valence-electron chi connectivity index (χ0n) is 7.22. The molecule has 1 N–H and O–H groups in total. The molecule has 0 fully saturated rings. The van der Waals surface area contributed by atoms with Crippen LogP contribution in [0.15, 0.2) is 10.6 Å². The molecule has 0 aromatic rings. The maximum atomic E-state index is 11.4. The summed E-state index contributed by atoms with van der Waals surface area (Å²) in [6, 6.07) is 0. The lowest BCUT2D eigenvalue weighted by atomic mass is 9.94. The van der Waals surface area contributed by atoms with Crippen molar-refractivity contribution in [3.05, 3.63) is 10.6 Å². The number of thioether (sulfide) groups is 1. The summed E-state index contributed by atoms with van der Waals surface area (Å²) in [5, 5.41) is 3.21. The summed E-state index contributed by atoms with van der Waals surface area (Å²) >= 11 is 1.86. The Bertz CT molecular complexity index is 247. The average Bonchev–Trinajstić information content (AvgIpc) is 2.12. The van der Waals surface area contributed by atoms with Gasteiger partial charge >= 0.3 is 0 Å². The maximum Gasteiger partial charge on any atom is 0.179 e.